The maximum Gasteiger partial charge on any atom is 0.257 e. The van der Waals surface area contributed by atoms with Gasteiger partial charge in [0.25, 0.3) is 11.8 Å². The molecular weight excluding hydrogens is 380 g/mol. The number of carbonyl (C=O) groups is 1. The molecule has 2 aromatic carbocycles. The van der Waals surface area contributed by atoms with Crippen LogP contribution < -0.4 is 10.1 Å². The first-order valence-electron chi connectivity index (χ1n) is 10.3. The number of rotatable bonds is 11. The monoisotopic (exact) mass is 408 g/mol. The summed E-state index contributed by atoms with van der Waals surface area (Å²) in [4.78, 5) is 14.5. The second kappa shape index (κ2) is 11.1. The summed E-state index contributed by atoms with van der Waals surface area (Å²) in [6, 6.07) is 16.9. The number of carbonyl (C=O) groups excluding carboxylic acids is 1. The zero-order valence-electron chi connectivity index (χ0n) is 17.5. The van der Waals surface area contributed by atoms with E-state index in [2.05, 4.69) is 34.3 Å². The van der Waals surface area contributed by atoms with E-state index in [0.29, 0.717) is 29.6 Å². The first kappa shape index (κ1) is 21.5. The van der Waals surface area contributed by atoms with Gasteiger partial charge < -0.3 is 19.4 Å². The molecule has 0 saturated heterocycles. The Morgan fingerprint density at radius 3 is 2.47 bits per heavy atom. The van der Waals surface area contributed by atoms with E-state index in [1.807, 2.05) is 48.5 Å². The molecule has 1 N–H and O–H groups in total. The molecule has 7 heteroatoms. The normalized spacial score (nSPS) is 10.9. The van der Waals surface area contributed by atoms with Gasteiger partial charge in [-0.2, -0.15) is 0 Å². The Morgan fingerprint density at radius 1 is 1.00 bits per heavy atom. The van der Waals surface area contributed by atoms with Crippen molar-refractivity contribution in [3.05, 3.63) is 54.6 Å². The number of benzene rings is 2. The van der Waals surface area contributed by atoms with Crippen LogP contribution in [-0.2, 0) is 4.79 Å². The van der Waals surface area contributed by atoms with E-state index in [1.165, 1.54) is 0 Å². The molecule has 1 amide bonds. The highest BCUT2D eigenvalue weighted by molar-refractivity contribution is 5.77. The molecule has 3 rings (SSSR count). The smallest absolute Gasteiger partial charge is 0.257 e. The van der Waals surface area contributed by atoms with Crippen LogP contribution in [0.1, 0.15) is 20.3 Å². The van der Waals surface area contributed by atoms with Crippen LogP contribution in [0.15, 0.2) is 59.0 Å². The number of hydrogen-bond donors (Lipinski definition) is 1. The lowest BCUT2D eigenvalue weighted by Crippen LogP contribution is -2.32. The Kier molecular flexibility index (Phi) is 7.97. The van der Waals surface area contributed by atoms with Gasteiger partial charge in [0, 0.05) is 12.1 Å². The van der Waals surface area contributed by atoms with E-state index in [4.69, 9.17) is 9.15 Å². The molecule has 0 fully saturated rings. The predicted octanol–water partition coefficient (Wildman–Crippen LogP) is 3.63. The van der Waals surface area contributed by atoms with Crippen molar-refractivity contribution >= 4 is 5.91 Å². The van der Waals surface area contributed by atoms with Crippen molar-refractivity contribution in [2.75, 3.05) is 32.8 Å². The molecular formula is C23H28N4O3. The van der Waals surface area contributed by atoms with E-state index in [0.717, 1.165) is 31.6 Å². The molecule has 0 spiro atoms. The minimum Gasteiger partial charge on any atom is -0.483 e. The van der Waals surface area contributed by atoms with E-state index >= 15 is 0 Å². The summed E-state index contributed by atoms with van der Waals surface area (Å²) in [5.74, 6) is 1.16. The molecule has 0 aliphatic heterocycles. The van der Waals surface area contributed by atoms with Crippen LogP contribution in [0.25, 0.3) is 22.9 Å². The van der Waals surface area contributed by atoms with Gasteiger partial charge in [-0.3, -0.25) is 4.79 Å². The van der Waals surface area contributed by atoms with E-state index in [1.54, 1.807) is 6.07 Å². The quantitative estimate of drug-likeness (QED) is 0.488. The van der Waals surface area contributed by atoms with Gasteiger partial charge in [0.2, 0.25) is 5.89 Å². The molecule has 158 valence electrons. The first-order valence-corrected chi connectivity index (χ1v) is 10.3. The van der Waals surface area contributed by atoms with Crippen LogP contribution in [0.3, 0.4) is 0 Å². The fourth-order valence-corrected chi connectivity index (χ4v) is 3.06. The number of amides is 1. The van der Waals surface area contributed by atoms with Crippen molar-refractivity contribution in [1.29, 1.82) is 0 Å². The zero-order valence-corrected chi connectivity index (χ0v) is 17.5. The SMILES string of the molecule is CCN(CC)CCCNC(=O)COc1ccccc1-c1nnc(-c2ccccc2)o1. The molecule has 30 heavy (non-hydrogen) atoms. The molecule has 0 saturated carbocycles. The molecule has 0 bridgehead atoms. The highest BCUT2D eigenvalue weighted by Crippen LogP contribution is 2.30. The zero-order chi connectivity index (χ0) is 21.2. The number of para-hydroxylation sites is 1. The summed E-state index contributed by atoms with van der Waals surface area (Å²) in [5, 5.41) is 11.2. The van der Waals surface area contributed by atoms with Crippen molar-refractivity contribution in [3.63, 3.8) is 0 Å². The van der Waals surface area contributed by atoms with Gasteiger partial charge in [0.15, 0.2) is 6.61 Å². The molecule has 0 unspecified atom stereocenters. The highest BCUT2D eigenvalue weighted by atomic mass is 16.5. The van der Waals surface area contributed by atoms with Crippen molar-refractivity contribution < 1.29 is 13.9 Å². The van der Waals surface area contributed by atoms with Gasteiger partial charge in [0.05, 0.1) is 5.56 Å². The average molecular weight is 409 g/mol. The lowest BCUT2D eigenvalue weighted by atomic mass is 10.2. The lowest BCUT2D eigenvalue weighted by Gasteiger charge is -2.17. The standard InChI is InChI=1S/C23H28N4O3/c1-3-27(4-2)16-10-15-24-21(28)17-29-20-14-9-8-13-19(20)23-26-25-22(30-23)18-11-6-5-7-12-18/h5-9,11-14H,3-4,10,15-17H2,1-2H3,(H,24,28). The molecule has 0 radical (unpaired) electrons. The van der Waals surface area contributed by atoms with Crippen LogP contribution in [0.2, 0.25) is 0 Å². The highest BCUT2D eigenvalue weighted by Gasteiger charge is 2.15. The Morgan fingerprint density at radius 2 is 1.70 bits per heavy atom. The van der Waals surface area contributed by atoms with Gasteiger partial charge in [-0.1, -0.05) is 44.2 Å². The first-order chi connectivity index (χ1) is 14.7. The average Bonchev–Trinajstić information content (AvgIpc) is 3.29. The van der Waals surface area contributed by atoms with Gasteiger partial charge in [-0.05, 0) is 50.3 Å². The Bertz CT molecular complexity index is 923. The summed E-state index contributed by atoms with van der Waals surface area (Å²) in [6.07, 6.45) is 0.911. The van der Waals surface area contributed by atoms with Gasteiger partial charge in [-0.15, -0.1) is 10.2 Å². The lowest BCUT2D eigenvalue weighted by molar-refractivity contribution is -0.123. The van der Waals surface area contributed by atoms with Gasteiger partial charge in [-0.25, -0.2) is 0 Å². The van der Waals surface area contributed by atoms with Gasteiger partial charge >= 0.3 is 0 Å². The van der Waals surface area contributed by atoms with Crippen molar-refractivity contribution in [1.82, 2.24) is 20.4 Å². The van der Waals surface area contributed by atoms with Crippen LogP contribution in [0.5, 0.6) is 5.75 Å². The molecule has 0 aliphatic rings. The fourth-order valence-electron chi connectivity index (χ4n) is 3.06. The second-order valence-electron chi connectivity index (χ2n) is 6.79. The summed E-state index contributed by atoms with van der Waals surface area (Å²) in [6.45, 7) is 7.85. The second-order valence-corrected chi connectivity index (χ2v) is 6.79. The predicted molar refractivity (Wildman–Crippen MR) is 116 cm³/mol. The van der Waals surface area contributed by atoms with Gasteiger partial charge in [0.1, 0.15) is 5.75 Å². The third-order valence-electron chi connectivity index (χ3n) is 4.79. The van der Waals surface area contributed by atoms with Crippen LogP contribution in [0, 0.1) is 0 Å². The van der Waals surface area contributed by atoms with Crippen molar-refractivity contribution in [2.24, 2.45) is 0 Å². The third kappa shape index (κ3) is 5.90. The Labute approximate surface area is 177 Å². The molecule has 0 atom stereocenters. The van der Waals surface area contributed by atoms with Crippen molar-refractivity contribution in [2.45, 2.75) is 20.3 Å². The maximum absolute atomic E-state index is 12.1. The summed E-state index contributed by atoms with van der Waals surface area (Å²) >= 11 is 0. The summed E-state index contributed by atoms with van der Waals surface area (Å²) in [7, 11) is 0. The van der Waals surface area contributed by atoms with Crippen molar-refractivity contribution in [3.8, 4) is 28.7 Å². The minimum absolute atomic E-state index is 0.0675. The number of hydrogen-bond acceptors (Lipinski definition) is 6. The van der Waals surface area contributed by atoms with Crippen LogP contribution in [-0.4, -0.2) is 53.8 Å². The molecule has 3 aromatic rings. The number of ether oxygens (including phenoxy) is 1. The molecule has 7 nitrogen and oxygen atoms in total. The summed E-state index contributed by atoms with van der Waals surface area (Å²) in [5.41, 5.74) is 1.50. The van der Waals surface area contributed by atoms with E-state index in [-0.39, 0.29) is 12.5 Å². The third-order valence-corrected chi connectivity index (χ3v) is 4.79. The fraction of sp³-hybridized carbons (Fsp3) is 0.348. The summed E-state index contributed by atoms with van der Waals surface area (Å²) < 4.78 is 11.6. The molecule has 0 aliphatic carbocycles. The molecule has 1 aromatic heterocycles. The Hall–Kier alpha value is -3.19. The molecule has 1 heterocycles. The van der Waals surface area contributed by atoms with E-state index in [9.17, 15) is 4.79 Å². The Balaban J connectivity index is 1.56. The topological polar surface area (TPSA) is 80.5 Å². The number of nitrogens with one attached hydrogen (secondary N) is 1. The number of aromatic nitrogens is 2. The maximum atomic E-state index is 12.1. The largest absolute Gasteiger partial charge is 0.483 e. The number of nitrogens with zero attached hydrogens (tertiary/aromatic N) is 3. The van der Waals surface area contributed by atoms with E-state index < -0.39 is 0 Å². The minimum atomic E-state index is -0.153. The van der Waals surface area contributed by atoms with Crippen LogP contribution in [0.4, 0.5) is 0 Å². The van der Waals surface area contributed by atoms with Crippen LogP contribution >= 0.6 is 0 Å².